The van der Waals surface area contributed by atoms with Crippen LogP contribution < -0.4 is 11.1 Å². The predicted molar refractivity (Wildman–Crippen MR) is 54.8 cm³/mol. The number of carbonyl (C=O) groups excluding carboxylic acids is 2. The molecule has 0 atom stereocenters. The molecule has 3 amide bonds. The Morgan fingerprint density at radius 1 is 1.38 bits per heavy atom. The predicted octanol–water partition coefficient (Wildman–Crippen LogP) is 1.25. The fraction of sp³-hybridized carbons (Fsp3) is 0.111. The monoisotopic (exact) mass is 246 g/mol. The summed E-state index contributed by atoms with van der Waals surface area (Å²) in [5.41, 5.74) is 4.70. The van der Waals surface area contributed by atoms with Crippen molar-refractivity contribution in [1.82, 2.24) is 5.32 Å². The van der Waals surface area contributed by atoms with E-state index in [0.29, 0.717) is 0 Å². The molecule has 0 spiro atoms. The Labute approximate surface area is 94.2 Å². The second-order valence-electron chi connectivity index (χ2n) is 2.78. The van der Waals surface area contributed by atoms with Crippen molar-refractivity contribution in [3.05, 3.63) is 29.8 Å². The smallest absolute Gasteiger partial charge is 0.318 e. The molecular weight excluding hydrogens is 238 g/mol. The summed E-state index contributed by atoms with van der Waals surface area (Å²) >= 11 is 0.776. The number of amides is 3. The topological polar surface area (TPSA) is 72.2 Å². The number of nitrogens with one attached hydrogen (secondary N) is 1. The van der Waals surface area contributed by atoms with Crippen LogP contribution in [-0.4, -0.2) is 17.7 Å². The zero-order chi connectivity index (χ0) is 12.1. The lowest BCUT2D eigenvalue weighted by Gasteiger charge is -2.02. The van der Waals surface area contributed by atoms with Crippen LogP contribution >= 0.6 is 11.8 Å². The molecule has 0 unspecified atom stereocenters. The molecule has 1 aromatic rings. The highest BCUT2D eigenvalue weighted by Gasteiger charge is 2.09. The van der Waals surface area contributed by atoms with Gasteiger partial charge in [0.15, 0.2) is 0 Å². The van der Waals surface area contributed by atoms with Crippen LogP contribution in [0.3, 0.4) is 0 Å². The summed E-state index contributed by atoms with van der Waals surface area (Å²) in [5, 5.41) is 1.81. The minimum atomic E-state index is -0.981. The first-order valence-electron chi connectivity index (χ1n) is 4.16. The van der Waals surface area contributed by atoms with Gasteiger partial charge in [-0.2, -0.15) is 0 Å². The van der Waals surface area contributed by atoms with Gasteiger partial charge in [-0.15, -0.1) is 11.8 Å². The second kappa shape index (κ2) is 5.45. The first kappa shape index (κ1) is 12.4. The van der Waals surface area contributed by atoms with Crippen molar-refractivity contribution in [3.63, 3.8) is 0 Å². The first-order valence-corrected chi connectivity index (χ1v) is 5.14. The number of hydrogen-bond donors (Lipinski definition) is 2. The summed E-state index contributed by atoms with van der Waals surface area (Å²) < 4.78 is 25.8. The summed E-state index contributed by atoms with van der Waals surface area (Å²) in [5.74, 6) is -2.11. The molecule has 0 heterocycles. The average molecular weight is 246 g/mol. The van der Waals surface area contributed by atoms with Crippen molar-refractivity contribution in [3.8, 4) is 0 Å². The molecule has 0 radical (unpaired) electrons. The molecule has 0 fully saturated rings. The lowest BCUT2D eigenvalue weighted by Crippen LogP contribution is -2.36. The van der Waals surface area contributed by atoms with Crippen molar-refractivity contribution in [2.45, 2.75) is 4.90 Å². The Kier molecular flexibility index (Phi) is 4.24. The minimum Gasteiger partial charge on any atom is -0.351 e. The summed E-state index contributed by atoms with van der Waals surface area (Å²) in [6.45, 7) is 0. The Morgan fingerprint density at radius 2 is 2.06 bits per heavy atom. The van der Waals surface area contributed by atoms with Gasteiger partial charge in [0.05, 0.1) is 5.75 Å². The molecule has 0 aliphatic heterocycles. The van der Waals surface area contributed by atoms with Gasteiger partial charge in [-0.25, -0.2) is 13.6 Å². The van der Waals surface area contributed by atoms with Crippen molar-refractivity contribution >= 4 is 23.7 Å². The molecule has 1 aromatic carbocycles. The molecule has 7 heteroatoms. The SMILES string of the molecule is NC(=O)NC(=O)CSc1cc(F)ccc1F. The second-order valence-corrected chi connectivity index (χ2v) is 3.79. The number of thioether (sulfide) groups is 1. The van der Waals surface area contributed by atoms with Crippen molar-refractivity contribution in [2.75, 3.05) is 5.75 Å². The highest BCUT2D eigenvalue weighted by atomic mass is 32.2. The fourth-order valence-corrected chi connectivity index (χ4v) is 1.67. The van der Waals surface area contributed by atoms with Gasteiger partial charge in [0.25, 0.3) is 0 Å². The number of primary amides is 1. The standard InChI is InChI=1S/C9H8F2N2O2S/c10-5-1-2-6(11)7(3-5)16-4-8(14)13-9(12)15/h1-3H,4H2,(H3,12,13,14,15). The zero-order valence-electron chi connectivity index (χ0n) is 8.00. The lowest BCUT2D eigenvalue weighted by molar-refractivity contribution is -0.117. The van der Waals surface area contributed by atoms with E-state index in [0.717, 1.165) is 30.0 Å². The molecule has 0 aliphatic rings. The number of benzene rings is 1. The Balaban J connectivity index is 2.57. The molecule has 0 aliphatic carbocycles. The van der Waals surface area contributed by atoms with Gasteiger partial charge in [0, 0.05) is 4.90 Å². The number of hydrogen-bond acceptors (Lipinski definition) is 3. The van der Waals surface area contributed by atoms with Crippen molar-refractivity contribution < 1.29 is 18.4 Å². The number of urea groups is 1. The van der Waals surface area contributed by atoms with E-state index in [1.807, 2.05) is 5.32 Å². The van der Waals surface area contributed by atoms with Crippen LogP contribution in [0.1, 0.15) is 0 Å². The molecule has 3 N–H and O–H groups in total. The van der Waals surface area contributed by atoms with Gasteiger partial charge in [-0.3, -0.25) is 10.1 Å². The van der Waals surface area contributed by atoms with E-state index in [9.17, 15) is 18.4 Å². The van der Waals surface area contributed by atoms with E-state index in [-0.39, 0.29) is 10.6 Å². The zero-order valence-corrected chi connectivity index (χ0v) is 8.81. The third kappa shape index (κ3) is 3.85. The maximum absolute atomic E-state index is 13.1. The molecule has 4 nitrogen and oxygen atoms in total. The Hall–Kier alpha value is -1.63. The van der Waals surface area contributed by atoms with Crippen LogP contribution in [0.25, 0.3) is 0 Å². The molecule has 0 aromatic heterocycles. The van der Waals surface area contributed by atoms with Gasteiger partial charge >= 0.3 is 6.03 Å². The number of imide groups is 1. The van der Waals surface area contributed by atoms with Crippen LogP contribution in [0.15, 0.2) is 23.1 Å². The Bertz CT molecular complexity index is 426. The van der Waals surface area contributed by atoms with Gasteiger partial charge in [-0.1, -0.05) is 0 Å². The fourth-order valence-electron chi connectivity index (χ4n) is 0.905. The minimum absolute atomic E-state index is 0.000351. The van der Waals surface area contributed by atoms with Crippen LogP contribution in [0, 0.1) is 11.6 Å². The maximum Gasteiger partial charge on any atom is 0.318 e. The lowest BCUT2D eigenvalue weighted by atomic mass is 10.3. The number of nitrogens with two attached hydrogens (primary N) is 1. The third-order valence-electron chi connectivity index (χ3n) is 1.51. The van der Waals surface area contributed by atoms with Crippen molar-refractivity contribution in [2.24, 2.45) is 5.73 Å². The number of halogens is 2. The molecule has 16 heavy (non-hydrogen) atoms. The summed E-state index contributed by atoms with van der Waals surface area (Å²) in [6.07, 6.45) is 0. The van der Waals surface area contributed by atoms with E-state index in [1.54, 1.807) is 0 Å². The first-order chi connectivity index (χ1) is 7.49. The van der Waals surface area contributed by atoms with Crippen LogP contribution in [0.4, 0.5) is 13.6 Å². The van der Waals surface area contributed by atoms with Crippen molar-refractivity contribution in [1.29, 1.82) is 0 Å². The quantitative estimate of drug-likeness (QED) is 0.788. The van der Waals surface area contributed by atoms with Crippen LogP contribution in [-0.2, 0) is 4.79 Å². The molecule has 1 rings (SSSR count). The Morgan fingerprint density at radius 3 is 2.69 bits per heavy atom. The maximum atomic E-state index is 13.1. The molecule has 86 valence electrons. The summed E-state index contributed by atoms with van der Waals surface area (Å²) in [7, 11) is 0. The van der Waals surface area contributed by atoms with Crippen LogP contribution in [0.5, 0.6) is 0 Å². The average Bonchev–Trinajstić information content (AvgIpc) is 2.18. The largest absolute Gasteiger partial charge is 0.351 e. The summed E-state index contributed by atoms with van der Waals surface area (Å²) in [6, 6.07) is 1.93. The van der Waals surface area contributed by atoms with E-state index >= 15 is 0 Å². The van der Waals surface area contributed by atoms with Gasteiger partial charge in [-0.05, 0) is 18.2 Å². The summed E-state index contributed by atoms with van der Waals surface area (Å²) in [4.78, 5) is 21.3. The highest BCUT2D eigenvalue weighted by Crippen LogP contribution is 2.22. The number of rotatable bonds is 3. The van der Waals surface area contributed by atoms with E-state index in [4.69, 9.17) is 5.73 Å². The van der Waals surface area contributed by atoms with Crippen LogP contribution in [0.2, 0.25) is 0 Å². The molecule has 0 saturated carbocycles. The van der Waals surface area contributed by atoms with E-state index in [1.165, 1.54) is 0 Å². The van der Waals surface area contributed by atoms with Gasteiger partial charge in [0.2, 0.25) is 5.91 Å². The molecule has 0 bridgehead atoms. The highest BCUT2D eigenvalue weighted by molar-refractivity contribution is 8.00. The number of carbonyl (C=O) groups is 2. The van der Waals surface area contributed by atoms with Gasteiger partial charge < -0.3 is 5.73 Å². The normalized spacial score (nSPS) is 9.88. The van der Waals surface area contributed by atoms with E-state index < -0.39 is 23.6 Å². The molecule has 0 saturated heterocycles. The third-order valence-corrected chi connectivity index (χ3v) is 2.55. The van der Waals surface area contributed by atoms with Gasteiger partial charge in [0.1, 0.15) is 11.6 Å². The van der Waals surface area contributed by atoms with E-state index in [2.05, 4.69) is 0 Å². The molecular formula is C9H8F2N2O2S.